The molecule has 1 aliphatic carbocycles. The van der Waals surface area contributed by atoms with Gasteiger partial charge in [0.15, 0.2) is 0 Å². The number of methoxy groups -OCH3 is 1. The van der Waals surface area contributed by atoms with Gasteiger partial charge in [-0.15, -0.1) is 0 Å². The van der Waals surface area contributed by atoms with Crippen LogP contribution >= 0.6 is 0 Å². The summed E-state index contributed by atoms with van der Waals surface area (Å²) < 4.78 is 5.40. The predicted molar refractivity (Wildman–Crippen MR) is 83.6 cm³/mol. The van der Waals surface area contributed by atoms with Crippen molar-refractivity contribution in [3.8, 4) is 5.75 Å². The van der Waals surface area contributed by atoms with Gasteiger partial charge in [-0.05, 0) is 53.9 Å². The minimum Gasteiger partial charge on any atom is -0.497 e. The van der Waals surface area contributed by atoms with Crippen molar-refractivity contribution in [2.75, 3.05) is 13.7 Å². The maximum absolute atomic E-state index is 12.0. The van der Waals surface area contributed by atoms with Crippen molar-refractivity contribution in [3.63, 3.8) is 0 Å². The zero-order valence-corrected chi connectivity index (χ0v) is 13.5. The molecule has 1 aromatic rings. The van der Waals surface area contributed by atoms with E-state index in [9.17, 15) is 4.79 Å². The summed E-state index contributed by atoms with van der Waals surface area (Å²) in [6.07, 6.45) is 3.30. The first-order valence-electron chi connectivity index (χ1n) is 7.89. The Labute approximate surface area is 127 Å². The average Bonchev–Trinajstić information content (AvgIpc) is 2.46. The van der Waals surface area contributed by atoms with Crippen LogP contribution < -0.4 is 4.74 Å². The Kier molecular flexibility index (Phi) is 3.46. The van der Waals surface area contributed by atoms with Gasteiger partial charge in [-0.25, -0.2) is 0 Å². The molecule has 2 aliphatic rings. The molecule has 3 heteroatoms. The highest BCUT2D eigenvalue weighted by Gasteiger charge is 2.46. The Morgan fingerprint density at radius 3 is 2.81 bits per heavy atom. The maximum atomic E-state index is 12.0. The fourth-order valence-electron chi connectivity index (χ4n) is 4.43. The number of hydrogen-bond acceptors (Lipinski definition) is 2. The van der Waals surface area contributed by atoms with Crippen LogP contribution in [-0.2, 0) is 16.6 Å². The molecule has 0 spiro atoms. The topological polar surface area (TPSA) is 29.5 Å². The first-order valence-corrected chi connectivity index (χ1v) is 7.89. The highest BCUT2D eigenvalue weighted by molar-refractivity contribution is 5.74. The molecule has 1 heterocycles. The van der Waals surface area contributed by atoms with Crippen LogP contribution in [0.5, 0.6) is 5.75 Å². The third-order valence-corrected chi connectivity index (χ3v) is 5.55. The van der Waals surface area contributed by atoms with E-state index in [0.29, 0.717) is 12.0 Å². The number of carbonyl (C=O) groups is 1. The maximum Gasteiger partial charge on any atom is 0.219 e. The summed E-state index contributed by atoms with van der Waals surface area (Å²) in [5.41, 5.74) is 2.85. The molecule has 114 valence electrons. The summed E-state index contributed by atoms with van der Waals surface area (Å²) in [6, 6.07) is 6.76. The smallest absolute Gasteiger partial charge is 0.219 e. The standard InChI is InChI=1S/C18H25NO2/c1-12(20)19-9-5-6-15-17(19)10-13-7-8-14(21-4)11-16(13)18(15,2)3/h7-8,11,15,17H,5-6,9-10H2,1-4H3/t15-,17-/m0/s1. The molecule has 1 aromatic carbocycles. The first kappa shape index (κ1) is 14.4. The fourth-order valence-corrected chi connectivity index (χ4v) is 4.43. The molecule has 0 aromatic heterocycles. The molecular weight excluding hydrogens is 262 g/mol. The van der Waals surface area contributed by atoms with Crippen molar-refractivity contribution >= 4 is 5.91 Å². The van der Waals surface area contributed by atoms with Crippen LogP contribution in [0.3, 0.4) is 0 Å². The van der Waals surface area contributed by atoms with Crippen LogP contribution in [0.4, 0.5) is 0 Å². The molecule has 21 heavy (non-hydrogen) atoms. The quantitative estimate of drug-likeness (QED) is 0.794. The normalized spacial score (nSPS) is 26.8. The molecule has 1 saturated heterocycles. The van der Waals surface area contributed by atoms with Crippen LogP contribution in [0.2, 0.25) is 0 Å². The number of fused-ring (bicyclic) bond motifs is 2. The summed E-state index contributed by atoms with van der Waals surface area (Å²) in [7, 11) is 1.72. The van der Waals surface area contributed by atoms with E-state index in [1.165, 1.54) is 17.5 Å². The number of nitrogens with zero attached hydrogens (tertiary/aromatic N) is 1. The lowest BCUT2D eigenvalue weighted by molar-refractivity contribution is -0.135. The van der Waals surface area contributed by atoms with Gasteiger partial charge in [-0.1, -0.05) is 19.9 Å². The van der Waals surface area contributed by atoms with E-state index >= 15 is 0 Å². The van der Waals surface area contributed by atoms with Crippen molar-refractivity contribution in [2.45, 2.75) is 51.5 Å². The lowest BCUT2D eigenvalue weighted by Gasteiger charge is -2.52. The zero-order chi connectivity index (χ0) is 15.2. The van der Waals surface area contributed by atoms with Gasteiger partial charge in [-0.3, -0.25) is 4.79 Å². The van der Waals surface area contributed by atoms with Crippen molar-refractivity contribution < 1.29 is 9.53 Å². The molecular formula is C18H25NO2. The van der Waals surface area contributed by atoms with Gasteiger partial charge in [0, 0.05) is 19.5 Å². The summed E-state index contributed by atoms with van der Waals surface area (Å²) in [4.78, 5) is 14.1. The summed E-state index contributed by atoms with van der Waals surface area (Å²) >= 11 is 0. The van der Waals surface area contributed by atoms with Gasteiger partial charge < -0.3 is 9.64 Å². The molecule has 1 aliphatic heterocycles. The minimum atomic E-state index is 0.0842. The SMILES string of the molecule is COc1ccc2c(c1)C(C)(C)[C@H]1CCCN(C(C)=O)[C@H]1C2. The number of likely N-dealkylation sites (tertiary alicyclic amines) is 1. The van der Waals surface area contributed by atoms with Gasteiger partial charge in [0.2, 0.25) is 5.91 Å². The van der Waals surface area contributed by atoms with Gasteiger partial charge in [-0.2, -0.15) is 0 Å². The Bertz CT molecular complexity index is 564. The number of carbonyl (C=O) groups excluding carboxylic acids is 1. The number of ether oxygens (including phenoxy) is 1. The summed E-state index contributed by atoms with van der Waals surface area (Å²) in [5.74, 6) is 1.69. The van der Waals surface area contributed by atoms with Crippen LogP contribution in [0.15, 0.2) is 18.2 Å². The number of rotatable bonds is 1. The molecule has 0 N–H and O–H groups in total. The Balaban J connectivity index is 2.06. The van der Waals surface area contributed by atoms with Gasteiger partial charge in [0.05, 0.1) is 7.11 Å². The second kappa shape index (κ2) is 5.04. The minimum absolute atomic E-state index is 0.0842. The molecule has 0 unspecified atom stereocenters. The van der Waals surface area contributed by atoms with E-state index in [2.05, 4.69) is 30.9 Å². The highest BCUT2D eigenvalue weighted by Crippen LogP contribution is 2.47. The second-order valence-electron chi connectivity index (χ2n) is 6.98. The van der Waals surface area contributed by atoms with Crippen LogP contribution in [0.25, 0.3) is 0 Å². The molecule has 2 atom stereocenters. The molecule has 3 rings (SSSR count). The van der Waals surface area contributed by atoms with E-state index in [0.717, 1.165) is 25.1 Å². The van der Waals surface area contributed by atoms with Gasteiger partial charge in [0.1, 0.15) is 5.75 Å². The predicted octanol–water partition coefficient (Wildman–Crippen LogP) is 3.16. The van der Waals surface area contributed by atoms with E-state index in [1.807, 2.05) is 6.07 Å². The monoisotopic (exact) mass is 287 g/mol. The molecule has 1 fully saturated rings. The highest BCUT2D eigenvalue weighted by atomic mass is 16.5. The number of benzene rings is 1. The molecule has 0 bridgehead atoms. The summed E-state index contributed by atoms with van der Waals surface area (Å²) in [5, 5.41) is 0. The second-order valence-corrected chi connectivity index (χ2v) is 6.98. The van der Waals surface area contributed by atoms with Gasteiger partial charge >= 0.3 is 0 Å². The average molecular weight is 287 g/mol. The van der Waals surface area contributed by atoms with Crippen molar-refractivity contribution in [1.29, 1.82) is 0 Å². The van der Waals surface area contributed by atoms with E-state index in [1.54, 1.807) is 14.0 Å². The van der Waals surface area contributed by atoms with E-state index in [-0.39, 0.29) is 11.3 Å². The molecule has 0 radical (unpaired) electrons. The van der Waals surface area contributed by atoms with Crippen molar-refractivity contribution in [1.82, 2.24) is 4.90 Å². The molecule has 3 nitrogen and oxygen atoms in total. The Morgan fingerprint density at radius 2 is 2.14 bits per heavy atom. The Hall–Kier alpha value is -1.51. The van der Waals surface area contributed by atoms with E-state index in [4.69, 9.17) is 4.74 Å². The van der Waals surface area contributed by atoms with Crippen molar-refractivity contribution in [2.24, 2.45) is 5.92 Å². The zero-order valence-electron chi connectivity index (χ0n) is 13.5. The molecule has 0 saturated carbocycles. The number of amides is 1. The lowest BCUT2D eigenvalue weighted by atomic mass is 9.60. The lowest BCUT2D eigenvalue weighted by Crippen LogP contribution is -2.56. The third kappa shape index (κ3) is 2.23. The summed E-state index contributed by atoms with van der Waals surface area (Å²) in [6.45, 7) is 7.27. The Morgan fingerprint density at radius 1 is 1.38 bits per heavy atom. The van der Waals surface area contributed by atoms with Crippen molar-refractivity contribution in [3.05, 3.63) is 29.3 Å². The van der Waals surface area contributed by atoms with E-state index < -0.39 is 0 Å². The molecule has 1 amide bonds. The van der Waals surface area contributed by atoms with Crippen LogP contribution in [0, 0.1) is 5.92 Å². The van der Waals surface area contributed by atoms with Crippen LogP contribution in [-0.4, -0.2) is 30.5 Å². The largest absolute Gasteiger partial charge is 0.497 e. The third-order valence-electron chi connectivity index (χ3n) is 5.55. The first-order chi connectivity index (χ1) is 9.95. The fraction of sp³-hybridized carbons (Fsp3) is 0.611. The number of piperidine rings is 1. The van der Waals surface area contributed by atoms with Gasteiger partial charge in [0.25, 0.3) is 0 Å². The number of hydrogen-bond donors (Lipinski definition) is 0. The van der Waals surface area contributed by atoms with Crippen LogP contribution in [0.1, 0.15) is 44.7 Å².